The molecule has 1 saturated heterocycles. The fourth-order valence-electron chi connectivity index (χ4n) is 6.68. The summed E-state index contributed by atoms with van der Waals surface area (Å²) in [6, 6.07) is 21.5. The van der Waals surface area contributed by atoms with Gasteiger partial charge in [-0.3, -0.25) is 14.9 Å². The molecule has 276 valence electrons. The number of piperidine rings is 1. The Labute approximate surface area is 303 Å². The standard InChI is InChI=1S/C40H56N6O5/c1-41-22-12-24-45(3)39(48)35-19-18-32(29-36(35)51-4)42-23-10-6-9-17-37(47)44(2)27-28-46-25-20-31(21-26-46)34-16-11-15-33(38(34)43-40(49)50)30-13-7-5-8-14-30/h5,7-8,11,13-16,18-19,29,31,41-43H,6,9-10,12,17,20-28H2,1-4H3,(H,49,50). The normalized spacial score (nSPS) is 13.4. The van der Waals surface area contributed by atoms with Crippen LogP contribution in [0.5, 0.6) is 5.75 Å². The van der Waals surface area contributed by atoms with Crippen molar-refractivity contribution in [2.45, 2.75) is 50.9 Å². The molecule has 11 heteroatoms. The number of likely N-dealkylation sites (N-methyl/N-ethyl adjacent to an activating group) is 1. The van der Waals surface area contributed by atoms with Gasteiger partial charge in [-0.05, 0) is 88.0 Å². The van der Waals surface area contributed by atoms with Gasteiger partial charge in [-0.15, -0.1) is 0 Å². The Hall–Kier alpha value is -4.61. The van der Waals surface area contributed by atoms with Gasteiger partial charge in [0.25, 0.3) is 5.91 Å². The number of carbonyl (C=O) groups excluding carboxylic acids is 2. The highest BCUT2D eigenvalue weighted by Crippen LogP contribution is 2.39. The van der Waals surface area contributed by atoms with E-state index < -0.39 is 6.09 Å². The lowest BCUT2D eigenvalue weighted by molar-refractivity contribution is -0.130. The van der Waals surface area contributed by atoms with Crippen LogP contribution in [0.1, 0.15) is 66.8 Å². The van der Waals surface area contributed by atoms with Crippen LogP contribution in [0, 0.1) is 0 Å². The summed E-state index contributed by atoms with van der Waals surface area (Å²) in [7, 11) is 7.18. The minimum Gasteiger partial charge on any atom is -0.496 e. The smallest absolute Gasteiger partial charge is 0.409 e. The zero-order valence-electron chi connectivity index (χ0n) is 30.7. The summed E-state index contributed by atoms with van der Waals surface area (Å²) in [5, 5.41) is 18.8. The number of carbonyl (C=O) groups is 3. The first-order valence-corrected chi connectivity index (χ1v) is 18.2. The Morgan fingerprint density at radius 3 is 2.35 bits per heavy atom. The summed E-state index contributed by atoms with van der Waals surface area (Å²) in [6.07, 6.45) is 4.93. The molecule has 51 heavy (non-hydrogen) atoms. The van der Waals surface area contributed by atoms with Crippen LogP contribution in [0.15, 0.2) is 66.7 Å². The average molecular weight is 701 g/mol. The largest absolute Gasteiger partial charge is 0.496 e. The van der Waals surface area contributed by atoms with E-state index in [0.29, 0.717) is 36.5 Å². The Balaban J connectivity index is 1.14. The average Bonchev–Trinajstić information content (AvgIpc) is 3.15. The molecular formula is C40H56N6O5. The van der Waals surface area contributed by atoms with Crippen LogP contribution < -0.4 is 20.7 Å². The van der Waals surface area contributed by atoms with Crippen molar-refractivity contribution in [2.75, 3.05) is 84.7 Å². The van der Waals surface area contributed by atoms with Crippen LogP contribution >= 0.6 is 0 Å². The molecule has 0 atom stereocenters. The van der Waals surface area contributed by atoms with Crippen molar-refractivity contribution in [1.29, 1.82) is 0 Å². The topological polar surface area (TPSA) is 126 Å². The lowest BCUT2D eigenvalue weighted by Crippen LogP contribution is -2.40. The van der Waals surface area contributed by atoms with E-state index in [1.54, 1.807) is 12.0 Å². The van der Waals surface area contributed by atoms with Crippen molar-refractivity contribution in [1.82, 2.24) is 20.0 Å². The van der Waals surface area contributed by atoms with Crippen LogP contribution in [-0.4, -0.2) is 112 Å². The number of hydrogen-bond acceptors (Lipinski definition) is 7. The number of amides is 3. The molecule has 0 unspecified atom stereocenters. The maximum atomic E-state index is 12.9. The summed E-state index contributed by atoms with van der Waals surface area (Å²) in [4.78, 5) is 43.4. The van der Waals surface area contributed by atoms with Crippen LogP contribution in [0.2, 0.25) is 0 Å². The van der Waals surface area contributed by atoms with E-state index in [4.69, 9.17) is 4.74 Å². The first kappa shape index (κ1) is 39.2. The van der Waals surface area contributed by atoms with Gasteiger partial charge in [0.2, 0.25) is 5.91 Å². The highest BCUT2D eigenvalue weighted by atomic mass is 16.5. The van der Waals surface area contributed by atoms with E-state index in [9.17, 15) is 19.5 Å². The van der Waals surface area contributed by atoms with E-state index >= 15 is 0 Å². The lowest BCUT2D eigenvalue weighted by atomic mass is 9.86. The third kappa shape index (κ3) is 11.7. The third-order valence-electron chi connectivity index (χ3n) is 9.71. The van der Waals surface area contributed by atoms with Gasteiger partial charge in [-0.25, -0.2) is 4.79 Å². The molecular weight excluding hydrogens is 644 g/mol. The molecule has 1 heterocycles. The number of unbranched alkanes of at least 4 members (excludes halogenated alkanes) is 2. The number of rotatable bonds is 19. The first-order chi connectivity index (χ1) is 24.7. The number of likely N-dealkylation sites (tertiary alicyclic amines) is 1. The van der Waals surface area contributed by atoms with Crippen molar-refractivity contribution >= 4 is 29.3 Å². The summed E-state index contributed by atoms with van der Waals surface area (Å²) < 4.78 is 5.53. The van der Waals surface area contributed by atoms with Crippen LogP contribution in [-0.2, 0) is 4.79 Å². The summed E-state index contributed by atoms with van der Waals surface area (Å²) in [5.41, 5.74) is 5.06. The van der Waals surface area contributed by atoms with Gasteiger partial charge in [0.1, 0.15) is 5.75 Å². The Kier molecular flexibility index (Phi) is 15.6. The molecule has 1 aliphatic rings. The molecule has 0 aliphatic carbocycles. The number of para-hydroxylation sites is 1. The van der Waals surface area contributed by atoms with Gasteiger partial charge < -0.3 is 35.2 Å². The van der Waals surface area contributed by atoms with Crippen molar-refractivity contribution in [2.24, 2.45) is 0 Å². The maximum absolute atomic E-state index is 12.9. The molecule has 3 aromatic rings. The van der Waals surface area contributed by atoms with E-state index in [1.165, 1.54) is 0 Å². The number of methoxy groups -OCH3 is 1. The highest BCUT2D eigenvalue weighted by Gasteiger charge is 2.25. The second-order valence-corrected chi connectivity index (χ2v) is 13.3. The summed E-state index contributed by atoms with van der Waals surface area (Å²) >= 11 is 0. The third-order valence-corrected chi connectivity index (χ3v) is 9.71. The number of nitrogens with zero attached hydrogens (tertiary/aromatic N) is 3. The number of ether oxygens (including phenoxy) is 1. The maximum Gasteiger partial charge on any atom is 0.409 e. The number of nitrogens with one attached hydrogen (secondary N) is 3. The van der Waals surface area contributed by atoms with Crippen LogP contribution in [0.25, 0.3) is 11.1 Å². The SMILES string of the molecule is CNCCCN(C)C(=O)c1ccc(NCCCCCC(=O)N(C)CCN2CCC(c3cccc(-c4ccccc4)c3NC(=O)O)CC2)cc1OC. The minimum absolute atomic E-state index is 0.0552. The van der Waals surface area contributed by atoms with E-state index in [0.717, 1.165) is 93.6 Å². The fourth-order valence-corrected chi connectivity index (χ4v) is 6.68. The molecule has 4 rings (SSSR count). The molecule has 0 bridgehead atoms. The van der Waals surface area contributed by atoms with Crippen molar-refractivity contribution in [3.8, 4) is 16.9 Å². The number of anilines is 2. The monoisotopic (exact) mass is 700 g/mol. The molecule has 0 aromatic heterocycles. The summed E-state index contributed by atoms with van der Waals surface area (Å²) in [6.45, 7) is 5.61. The van der Waals surface area contributed by atoms with Crippen LogP contribution in [0.4, 0.5) is 16.2 Å². The second-order valence-electron chi connectivity index (χ2n) is 13.3. The zero-order chi connectivity index (χ0) is 36.6. The molecule has 4 N–H and O–H groups in total. The van der Waals surface area contributed by atoms with Crippen molar-refractivity contribution in [3.63, 3.8) is 0 Å². The number of hydrogen-bond donors (Lipinski definition) is 4. The molecule has 11 nitrogen and oxygen atoms in total. The minimum atomic E-state index is -1.06. The zero-order valence-corrected chi connectivity index (χ0v) is 30.7. The van der Waals surface area contributed by atoms with Crippen LogP contribution in [0.3, 0.4) is 0 Å². The van der Waals surface area contributed by atoms with Gasteiger partial charge >= 0.3 is 6.09 Å². The van der Waals surface area contributed by atoms with Gasteiger partial charge in [0, 0.05) is 64.0 Å². The van der Waals surface area contributed by atoms with Gasteiger partial charge in [0.15, 0.2) is 0 Å². The Morgan fingerprint density at radius 1 is 0.882 bits per heavy atom. The van der Waals surface area contributed by atoms with E-state index in [2.05, 4.69) is 20.9 Å². The molecule has 0 radical (unpaired) electrons. The second kappa shape index (κ2) is 20.3. The first-order valence-electron chi connectivity index (χ1n) is 18.2. The van der Waals surface area contributed by atoms with E-state index in [1.807, 2.05) is 92.8 Å². The molecule has 3 aromatic carbocycles. The Bertz CT molecular complexity index is 1560. The fraction of sp³-hybridized carbons (Fsp3) is 0.475. The molecule has 1 aliphatic heterocycles. The van der Waals surface area contributed by atoms with E-state index in [-0.39, 0.29) is 17.7 Å². The lowest BCUT2D eigenvalue weighted by Gasteiger charge is -2.34. The highest BCUT2D eigenvalue weighted by molar-refractivity contribution is 5.97. The number of benzene rings is 3. The predicted octanol–water partition coefficient (Wildman–Crippen LogP) is 6.44. The Morgan fingerprint density at radius 2 is 1.65 bits per heavy atom. The molecule has 3 amide bonds. The summed E-state index contributed by atoms with van der Waals surface area (Å²) in [5.74, 6) is 0.928. The molecule has 0 saturated carbocycles. The van der Waals surface area contributed by atoms with Gasteiger partial charge in [-0.2, -0.15) is 0 Å². The van der Waals surface area contributed by atoms with Gasteiger partial charge in [-0.1, -0.05) is 55.0 Å². The molecule has 0 spiro atoms. The van der Waals surface area contributed by atoms with Crippen molar-refractivity contribution < 1.29 is 24.2 Å². The number of carboxylic acid groups (broad SMARTS) is 1. The molecule has 1 fully saturated rings. The van der Waals surface area contributed by atoms with Gasteiger partial charge in [0.05, 0.1) is 18.4 Å². The predicted molar refractivity (Wildman–Crippen MR) is 205 cm³/mol. The van der Waals surface area contributed by atoms with Crippen molar-refractivity contribution in [3.05, 3.63) is 77.9 Å². The quantitative estimate of drug-likeness (QED) is 0.105.